The van der Waals surface area contributed by atoms with Crippen LogP contribution in [0.5, 0.6) is 0 Å². The van der Waals surface area contributed by atoms with Gasteiger partial charge in [0.25, 0.3) is 0 Å². The van der Waals surface area contributed by atoms with Crippen LogP contribution >= 0.6 is 0 Å². The van der Waals surface area contributed by atoms with Crippen molar-refractivity contribution < 1.29 is 8.78 Å². The van der Waals surface area contributed by atoms with E-state index in [0.29, 0.717) is 18.4 Å². The molecule has 0 radical (unpaired) electrons. The molecule has 4 heteroatoms. The number of halogens is 2. The van der Waals surface area contributed by atoms with Crippen LogP contribution in [0, 0.1) is 18.6 Å². The van der Waals surface area contributed by atoms with Crippen LogP contribution in [-0.4, -0.2) is 6.04 Å². The Morgan fingerprint density at radius 2 is 1.75 bits per heavy atom. The Kier molecular flexibility index (Phi) is 4.82. The van der Waals surface area contributed by atoms with Crippen LogP contribution in [-0.2, 0) is 12.8 Å². The average molecular weight is 276 g/mol. The first-order valence-electron chi connectivity index (χ1n) is 6.54. The second kappa shape index (κ2) is 6.59. The summed E-state index contributed by atoms with van der Waals surface area (Å²) >= 11 is 0. The molecular formula is C16H18F2N2. The highest BCUT2D eigenvalue weighted by Crippen LogP contribution is 2.15. The zero-order valence-electron chi connectivity index (χ0n) is 11.4. The van der Waals surface area contributed by atoms with Crippen molar-refractivity contribution >= 4 is 0 Å². The lowest BCUT2D eigenvalue weighted by molar-refractivity contribution is 0.505. The van der Waals surface area contributed by atoms with Crippen LogP contribution in [0.2, 0.25) is 0 Å². The molecule has 0 spiro atoms. The van der Waals surface area contributed by atoms with Crippen molar-refractivity contribution in [2.75, 3.05) is 0 Å². The largest absolute Gasteiger partial charge is 0.271 e. The Morgan fingerprint density at radius 1 is 1.05 bits per heavy atom. The van der Waals surface area contributed by atoms with Gasteiger partial charge in [0.15, 0.2) is 0 Å². The van der Waals surface area contributed by atoms with Gasteiger partial charge in [0.05, 0.1) is 0 Å². The maximum atomic E-state index is 13.6. The van der Waals surface area contributed by atoms with E-state index >= 15 is 0 Å². The van der Waals surface area contributed by atoms with Crippen molar-refractivity contribution in [3.05, 3.63) is 70.8 Å². The molecule has 2 aromatic carbocycles. The van der Waals surface area contributed by atoms with E-state index in [4.69, 9.17) is 5.84 Å². The van der Waals surface area contributed by atoms with Crippen LogP contribution in [0.25, 0.3) is 0 Å². The molecule has 0 aliphatic rings. The standard InChI is InChI=1S/C16H18F2N2/c1-11-8-14(17)7-6-12(11)9-15(20-19)10-13-4-2-3-5-16(13)18/h2-8,15,20H,9-10,19H2,1H3. The van der Waals surface area contributed by atoms with Crippen LogP contribution < -0.4 is 11.3 Å². The minimum atomic E-state index is -0.252. The Labute approximate surface area is 117 Å². The lowest BCUT2D eigenvalue weighted by atomic mass is 9.96. The Balaban J connectivity index is 2.11. The van der Waals surface area contributed by atoms with E-state index in [1.165, 1.54) is 18.2 Å². The number of benzene rings is 2. The molecule has 0 fully saturated rings. The van der Waals surface area contributed by atoms with Crippen molar-refractivity contribution in [2.24, 2.45) is 5.84 Å². The normalized spacial score (nSPS) is 12.4. The van der Waals surface area contributed by atoms with Gasteiger partial charge in [-0.3, -0.25) is 11.3 Å². The molecule has 0 saturated heterocycles. The van der Waals surface area contributed by atoms with Gasteiger partial charge in [-0.25, -0.2) is 8.78 Å². The summed E-state index contributed by atoms with van der Waals surface area (Å²) in [6.45, 7) is 1.86. The highest BCUT2D eigenvalue weighted by molar-refractivity contribution is 5.28. The fourth-order valence-corrected chi connectivity index (χ4v) is 2.27. The van der Waals surface area contributed by atoms with Gasteiger partial charge in [0.1, 0.15) is 11.6 Å². The highest BCUT2D eigenvalue weighted by atomic mass is 19.1. The van der Waals surface area contributed by atoms with Crippen LogP contribution in [0.15, 0.2) is 42.5 Å². The molecule has 0 bridgehead atoms. The van der Waals surface area contributed by atoms with Gasteiger partial charge in [0.2, 0.25) is 0 Å². The zero-order chi connectivity index (χ0) is 14.5. The smallest absolute Gasteiger partial charge is 0.126 e. The first-order chi connectivity index (χ1) is 9.60. The molecule has 2 nitrogen and oxygen atoms in total. The summed E-state index contributed by atoms with van der Waals surface area (Å²) in [6.07, 6.45) is 1.11. The number of hydrogen-bond donors (Lipinski definition) is 2. The first kappa shape index (κ1) is 14.6. The van der Waals surface area contributed by atoms with E-state index in [1.807, 2.05) is 6.92 Å². The first-order valence-corrected chi connectivity index (χ1v) is 6.54. The second-order valence-corrected chi connectivity index (χ2v) is 4.93. The molecule has 0 saturated carbocycles. The van der Waals surface area contributed by atoms with Crippen molar-refractivity contribution in [2.45, 2.75) is 25.8 Å². The molecule has 0 aliphatic heterocycles. The molecule has 0 amide bonds. The average Bonchev–Trinajstić information content (AvgIpc) is 2.43. The molecule has 1 atom stereocenters. The van der Waals surface area contributed by atoms with Crippen molar-refractivity contribution in [1.29, 1.82) is 0 Å². The van der Waals surface area contributed by atoms with Crippen LogP contribution in [0.3, 0.4) is 0 Å². The summed E-state index contributed by atoms with van der Waals surface area (Å²) in [5, 5.41) is 0. The third-order valence-corrected chi connectivity index (χ3v) is 3.43. The monoisotopic (exact) mass is 276 g/mol. The predicted octanol–water partition coefficient (Wildman–Crippen LogP) is 2.89. The molecule has 0 aromatic heterocycles. The minimum absolute atomic E-state index is 0.101. The van der Waals surface area contributed by atoms with E-state index in [1.54, 1.807) is 24.3 Å². The summed E-state index contributed by atoms with van der Waals surface area (Å²) in [5.41, 5.74) is 5.21. The lowest BCUT2D eigenvalue weighted by Crippen LogP contribution is -2.38. The maximum Gasteiger partial charge on any atom is 0.126 e. The molecule has 2 aromatic rings. The molecule has 3 N–H and O–H groups in total. The van der Waals surface area contributed by atoms with E-state index < -0.39 is 0 Å². The fourth-order valence-electron chi connectivity index (χ4n) is 2.27. The molecule has 20 heavy (non-hydrogen) atoms. The summed E-state index contributed by atoms with van der Waals surface area (Å²) < 4.78 is 26.7. The van der Waals surface area contributed by atoms with Gasteiger partial charge in [-0.05, 0) is 54.7 Å². The topological polar surface area (TPSA) is 38.0 Å². The van der Waals surface area contributed by atoms with Gasteiger partial charge in [0, 0.05) is 6.04 Å². The number of aryl methyl sites for hydroxylation is 1. The summed E-state index contributed by atoms with van der Waals surface area (Å²) in [6, 6.07) is 11.2. The van der Waals surface area contributed by atoms with E-state index in [2.05, 4.69) is 5.43 Å². The van der Waals surface area contributed by atoms with Gasteiger partial charge < -0.3 is 0 Å². The third-order valence-electron chi connectivity index (χ3n) is 3.43. The lowest BCUT2D eigenvalue weighted by Gasteiger charge is -2.17. The van der Waals surface area contributed by atoms with Crippen LogP contribution in [0.4, 0.5) is 8.78 Å². The van der Waals surface area contributed by atoms with Gasteiger partial charge >= 0.3 is 0 Å². The third kappa shape index (κ3) is 3.62. The summed E-state index contributed by atoms with van der Waals surface area (Å²) in [5.74, 6) is 5.07. The molecule has 0 aliphatic carbocycles. The molecule has 2 rings (SSSR count). The second-order valence-electron chi connectivity index (χ2n) is 4.93. The van der Waals surface area contributed by atoms with E-state index in [0.717, 1.165) is 11.1 Å². The van der Waals surface area contributed by atoms with Crippen molar-refractivity contribution in [1.82, 2.24) is 5.43 Å². The predicted molar refractivity (Wildman–Crippen MR) is 76.1 cm³/mol. The quantitative estimate of drug-likeness (QED) is 0.651. The number of nitrogens with one attached hydrogen (secondary N) is 1. The Hall–Kier alpha value is -1.78. The van der Waals surface area contributed by atoms with Gasteiger partial charge in [-0.2, -0.15) is 0 Å². The van der Waals surface area contributed by atoms with Gasteiger partial charge in [-0.15, -0.1) is 0 Å². The summed E-state index contributed by atoms with van der Waals surface area (Å²) in [7, 11) is 0. The van der Waals surface area contributed by atoms with Crippen molar-refractivity contribution in [3.8, 4) is 0 Å². The van der Waals surface area contributed by atoms with Gasteiger partial charge in [-0.1, -0.05) is 24.3 Å². The van der Waals surface area contributed by atoms with Crippen LogP contribution in [0.1, 0.15) is 16.7 Å². The number of nitrogens with two attached hydrogens (primary N) is 1. The Morgan fingerprint density at radius 3 is 2.40 bits per heavy atom. The summed E-state index contributed by atoms with van der Waals surface area (Å²) in [4.78, 5) is 0. The molecule has 106 valence electrons. The van der Waals surface area contributed by atoms with Crippen molar-refractivity contribution in [3.63, 3.8) is 0 Å². The van der Waals surface area contributed by atoms with E-state index in [9.17, 15) is 8.78 Å². The minimum Gasteiger partial charge on any atom is -0.271 e. The fraction of sp³-hybridized carbons (Fsp3) is 0.250. The maximum absolute atomic E-state index is 13.6. The van der Waals surface area contributed by atoms with E-state index in [-0.39, 0.29) is 17.7 Å². The highest BCUT2D eigenvalue weighted by Gasteiger charge is 2.13. The number of rotatable bonds is 5. The zero-order valence-corrected chi connectivity index (χ0v) is 11.4. The molecular weight excluding hydrogens is 258 g/mol. The number of hydrazine groups is 1. The molecule has 0 heterocycles. The SMILES string of the molecule is Cc1cc(F)ccc1CC(Cc1ccccc1F)NN. The number of hydrogen-bond acceptors (Lipinski definition) is 2. The Bertz CT molecular complexity index is 584. The molecule has 1 unspecified atom stereocenters.